The Hall–Kier alpha value is -2.60. The lowest BCUT2D eigenvalue weighted by Crippen LogP contribution is -2.25. The first-order valence-electron chi connectivity index (χ1n) is 8.48. The summed E-state index contributed by atoms with van der Waals surface area (Å²) in [6.07, 6.45) is -0.0539. The summed E-state index contributed by atoms with van der Waals surface area (Å²) in [5, 5.41) is 3.88. The molecule has 26 heavy (non-hydrogen) atoms. The van der Waals surface area contributed by atoms with E-state index in [1.165, 1.54) is 0 Å². The highest BCUT2D eigenvalue weighted by molar-refractivity contribution is 7.91. The molecule has 1 aromatic heterocycles. The van der Waals surface area contributed by atoms with Crippen LogP contribution in [0.25, 0.3) is 10.9 Å². The number of aromatic nitrogens is 1. The lowest BCUT2D eigenvalue weighted by atomic mass is 10.1. The fourth-order valence-electron chi connectivity index (χ4n) is 2.82. The minimum absolute atomic E-state index is 0.0539. The van der Waals surface area contributed by atoms with Gasteiger partial charge in [-0.15, -0.1) is 0 Å². The molecule has 5 nitrogen and oxygen atoms in total. The normalized spacial score (nSPS) is 11.6. The number of nitrogens with one attached hydrogen (secondary N) is 2. The van der Waals surface area contributed by atoms with Crippen LogP contribution in [0.5, 0.6) is 0 Å². The number of rotatable bonds is 6. The van der Waals surface area contributed by atoms with Gasteiger partial charge in [-0.05, 0) is 55.1 Å². The first kappa shape index (κ1) is 18.2. The van der Waals surface area contributed by atoms with Crippen molar-refractivity contribution in [1.29, 1.82) is 0 Å². The van der Waals surface area contributed by atoms with Crippen LogP contribution < -0.4 is 5.32 Å². The number of amides is 1. The van der Waals surface area contributed by atoms with E-state index in [-0.39, 0.29) is 23.0 Å². The van der Waals surface area contributed by atoms with Gasteiger partial charge < -0.3 is 10.3 Å². The second-order valence-corrected chi connectivity index (χ2v) is 8.64. The van der Waals surface area contributed by atoms with Gasteiger partial charge in [-0.3, -0.25) is 4.79 Å². The molecule has 0 spiro atoms. The van der Waals surface area contributed by atoms with Gasteiger partial charge in [-0.25, -0.2) is 8.42 Å². The molecule has 2 aromatic carbocycles. The summed E-state index contributed by atoms with van der Waals surface area (Å²) in [5.41, 5.74) is 4.12. The Kier molecular flexibility index (Phi) is 5.13. The molecule has 0 radical (unpaired) electrons. The Morgan fingerprint density at radius 3 is 2.50 bits per heavy atom. The van der Waals surface area contributed by atoms with Gasteiger partial charge in [0.2, 0.25) is 5.91 Å². The summed E-state index contributed by atoms with van der Waals surface area (Å²) in [6, 6.07) is 14.7. The first-order chi connectivity index (χ1) is 12.3. The van der Waals surface area contributed by atoms with E-state index in [0.29, 0.717) is 6.54 Å². The van der Waals surface area contributed by atoms with Crippen molar-refractivity contribution in [3.05, 3.63) is 65.4 Å². The molecule has 1 amide bonds. The first-order valence-corrected chi connectivity index (χ1v) is 10.1. The molecular weight excluding hydrogens is 348 g/mol. The molecule has 0 saturated heterocycles. The zero-order valence-electron chi connectivity index (χ0n) is 14.9. The highest BCUT2D eigenvalue weighted by atomic mass is 32.2. The van der Waals surface area contributed by atoms with Gasteiger partial charge in [0, 0.05) is 24.2 Å². The molecule has 3 rings (SSSR count). The minimum atomic E-state index is -3.45. The van der Waals surface area contributed by atoms with Crippen LogP contribution in [0.3, 0.4) is 0 Å². The molecule has 6 heteroatoms. The zero-order chi connectivity index (χ0) is 18.7. The van der Waals surface area contributed by atoms with Crippen molar-refractivity contribution < 1.29 is 13.2 Å². The van der Waals surface area contributed by atoms with E-state index in [1.54, 1.807) is 24.3 Å². The number of sulfone groups is 1. The average Bonchev–Trinajstić information content (AvgIpc) is 2.98. The van der Waals surface area contributed by atoms with Gasteiger partial charge in [0.25, 0.3) is 0 Å². The van der Waals surface area contributed by atoms with Crippen molar-refractivity contribution in [3.8, 4) is 0 Å². The van der Waals surface area contributed by atoms with Gasteiger partial charge in [-0.2, -0.15) is 0 Å². The van der Waals surface area contributed by atoms with Crippen molar-refractivity contribution in [1.82, 2.24) is 10.3 Å². The molecule has 0 atom stereocenters. The van der Waals surface area contributed by atoms with Crippen LogP contribution in [0.15, 0.2) is 53.4 Å². The Labute approximate surface area is 153 Å². The Morgan fingerprint density at radius 1 is 1.04 bits per heavy atom. The molecule has 0 bridgehead atoms. The maximum atomic E-state index is 12.3. The number of hydrogen-bond donors (Lipinski definition) is 2. The van der Waals surface area contributed by atoms with Crippen LogP contribution in [0.4, 0.5) is 0 Å². The number of benzene rings is 2. The Bertz CT molecular complexity index is 1030. The topological polar surface area (TPSA) is 79.0 Å². The Balaban J connectivity index is 1.55. The fourth-order valence-corrected chi connectivity index (χ4v) is 4.06. The van der Waals surface area contributed by atoms with Crippen molar-refractivity contribution in [3.63, 3.8) is 0 Å². The summed E-state index contributed by atoms with van der Waals surface area (Å²) < 4.78 is 24.6. The Morgan fingerprint density at radius 2 is 1.77 bits per heavy atom. The molecular formula is C20H22N2O3S. The number of hydrogen-bond acceptors (Lipinski definition) is 3. The maximum absolute atomic E-state index is 12.3. The van der Waals surface area contributed by atoms with E-state index in [4.69, 9.17) is 0 Å². The van der Waals surface area contributed by atoms with Crippen molar-refractivity contribution in [2.75, 3.05) is 5.75 Å². The zero-order valence-corrected chi connectivity index (χ0v) is 15.7. The third kappa shape index (κ3) is 4.32. The van der Waals surface area contributed by atoms with Crippen LogP contribution in [-0.4, -0.2) is 25.1 Å². The van der Waals surface area contributed by atoms with Crippen molar-refractivity contribution >= 4 is 26.6 Å². The molecule has 136 valence electrons. The molecule has 3 aromatic rings. The smallest absolute Gasteiger partial charge is 0.221 e. The van der Waals surface area contributed by atoms with E-state index >= 15 is 0 Å². The monoisotopic (exact) mass is 370 g/mol. The molecule has 0 unspecified atom stereocenters. The SMILES string of the molecule is Cc1ccc(S(=O)(=O)CCC(=O)NCc2ccc3[nH]c(C)cc3c2)cc1. The average molecular weight is 370 g/mol. The van der Waals surface area contributed by atoms with E-state index in [1.807, 2.05) is 32.0 Å². The largest absolute Gasteiger partial charge is 0.359 e. The van der Waals surface area contributed by atoms with Gasteiger partial charge in [-0.1, -0.05) is 23.8 Å². The molecule has 0 saturated carbocycles. The quantitative estimate of drug-likeness (QED) is 0.699. The summed E-state index contributed by atoms with van der Waals surface area (Å²) >= 11 is 0. The summed E-state index contributed by atoms with van der Waals surface area (Å²) in [4.78, 5) is 15.5. The number of carbonyl (C=O) groups is 1. The number of aromatic amines is 1. The fraction of sp³-hybridized carbons (Fsp3) is 0.250. The van der Waals surface area contributed by atoms with Crippen LogP contribution in [-0.2, 0) is 21.2 Å². The summed E-state index contributed by atoms with van der Waals surface area (Å²) in [5.74, 6) is -0.469. The number of aryl methyl sites for hydroxylation is 2. The molecule has 0 aliphatic carbocycles. The second kappa shape index (κ2) is 7.33. The van der Waals surface area contributed by atoms with Crippen LogP contribution in [0.1, 0.15) is 23.2 Å². The molecule has 0 fully saturated rings. The van der Waals surface area contributed by atoms with Gasteiger partial charge >= 0.3 is 0 Å². The number of fused-ring (bicyclic) bond motifs is 1. The molecule has 0 aliphatic rings. The highest BCUT2D eigenvalue weighted by Crippen LogP contribution is 2.17. The molecule has 2 N–H and O–H groups in total. The highest BCUT2D eigenvalue weighted by Gasteiger charge is 2.16. The summed E-state index contributed by atoms with van der Waals surface area (Å²) in [6.45, 7) is 4.27. The number of H-pyrrole nitrogens is 1. The standard InChI is InChI=1S/C20H22N2O3S/c1-14-3-6-18(7-4-14)26(24,25)10-9-20(23)21-13-16-5-8-19-17(12-16)11-15(2)22-19/h3-8,11-12,22H,9-10,13H2,1-2H3,(H,21,23). The van der Waals surface area contributed by atoms with Gasteiger partial charge in [0.05, 0.1) is 10.6 Å². The lowest BCUT2D eigenvalue weighted by Gasteiger charge is -2.07. The van der Waals surface area contributed by atoms with Crippen LogP contribution in [0, 0.1) is 13.8 Å². The van der Waals surface area contributed by atoms with E-state index in [2.05, 4.69) is 16.4 Å². The van der Waals surface area contributed by atoms with Crippen LogP contribution in [0.2, 0.25) is 0 Å². The van der Waals surface area contributed by atoms with E-state index in [0.717, 1.165) is 27.7 Å². The van der Waals surface area contributed by atoms with E-state index in [9.17, 15) is 13.2 Å². The lowest BCUT2D eigenvalue weighted by molar-refractivity contribution is -0.120. The van der Waals surface area contributed by atoms with Crippen LogP contribution >= 0.6 is 0 Å². The minimum Gasteiger partial charge on any atom is -0.359 e. The third-order valence-electron chi connectivity index (χ3n) is 4.29. The third-order valence-corrected chi connectivity index (χ3v) is 6.02. The second-order valence-electron chi connectivity index (χ2n) is 6.53. The summed E-state index contributed by atoms with van der Waals surface area (Å²) in [7, 11) is -3.45. The predicted octanol–water partition coefficient (Wildman–Crippen LogP) is 3.26. The predicted molar refractivity (Wildman–Crippen MR) is 103 cm³/mol. The molecule has 1 heterocycles. The van der Waals surface area contributed by atoms with Gasteiger partial charge in [0.15, 0.2) is 9.84 Å². The van der Waals surface area contributed by atoms with Crippen molar-refractivity contribution in [2.45, 2.75) is 31.7 Å². The van der Waals surface area contributed by atoms with Gasteiger partial charge in [0.1, 0.15) is 0 Å². The number of carbonyl (C=O) groups excluding carboxylic acids is 1. The maximum Gasteiger partial charge on any atom is 0.221 e. The molecule has 0 aliphatic heterocycles. The van der Waals surface area contributed by atoms with E-state index < -0.39 is 9.84 Å². The van der Waals surface area contributed by atoms with Crippen molar-refractivity contribution in [2.24, 2.45) is 0 Å².